The molecule has 2 heterocycles. The smallest absolute Gasteiger partial charge is 0.394 e. The molecule has 0 bridgehead atoms. The first-order valence-corrected chi connectivity index (χ1v) is 15.7. The molecule has 5 rings (SSSR count). The molecule has 9 nitrogen and oxygen atoms in total. The maximum atomic E-state index is 14.5. The Bertz CT molecular complexity index is 1500. The average molecular weight is 667 g/mol. The molecule has 0 radical (unpaired) electrons. The fourth-order valence-electron chi connectivity index (χ4n) is 7.08. The Morgan fingerprint density at radius 1 is 1.13 bits per heavy atom. The van der Waals surface area contributed by atoms with Crippen LogP contribution in [0.2, 0.25) is 5.02 Å². The number of benzene rings is 2. The van der Waals surface area contributed by atoms with Crippen LogP contribution in [0.15, 0.2) is 30.3 Å². The first kappa shape index (κ1) is 33.7. The number of carbonyl (C=O) groups excluding carboxylic acids is 3. The summed E-state index contributed by atoms with van der Waals surface area (Å²) in [4.78, 5) is 43.6. The lowest BCUT2D eigenvalue weighted by Gasteiger charge is -2.45. The Morgan fingerprint density at radius 2 is 1.89 bits per heavy atom. The number of ether oxygens (including phenoxy) is 3. The minimum absolute atomic E-state index is 0.0912. The molecule has 1 aliphatic carbocycles. The number of methoxy groups -OCH3 is 2. The summed E-state index contributed by atoms with van der Waals surface area (Å²) in [5, 5.41) is 11.3. The van der Waals surface area contributed by atoms with Crippen molar-refractivity contribution in [1.29, 1.82) is 0 Å². The number of amides is 2. The van der Waals surface area contributed by atoms with Crippen LogP contribution in [0.1, 0.15) is 61.8 Å². The number of likely N-dealkylation sites (tertiary alicyclic amines) is 1. The fraction of sp³-hybridized carbons (Fsp3) is 0.545. The largest absolute Gasteiger partial charge is 0.508 e. The molecule has 1 saturated heterocycles. The first-order chi connectivity index (χ1) is 21.8. The lowest BCUT2D eigenvalue weighted by molar-refractivity contribution is -0.171. The number of hydrogen-bond donors (Lipinski definition) is 1. The number of esters is 1. The van der Waals surface area contributed by atoms with Gasteiger partial charge in [0.15, 0.2) is 0 Å². The molecule has 2 aliphatic heterocycles. The zero-order valence-electron chi connectivity index (χ0n) is 26.0. The Kier molecular flexibility index (Phi) is 9.68. The van der Waals surface area contributed by atoms with Gasteiger partial charge in [0.05, 0.1) is 37.5 Å². The van der Waals surface area contributed by atoms with Crippen molar-refractivity contribution < 1.29 is 46.9 Å². The van der Waals surface area contributed by atoms with Gasteiger partial charge >= 0.3 is 12.1 Å². The molecule has 2 aromatic rings. The van der Waals surface area contributed by atoms with E-state index in [-0.39, 0.29) is 37.8 Å². The van der Waals surface area contributed by atoms with Gasteiger partial charge in [-0.05, 0) is 56.0 Å². The molecule has 0 aromatic heterocycles. The highest BCUT2D eigenvalue weighted by molar-refractivity contribution is 6.31. The normalized spacial score (nSPS) is 24.8. The summed E-state index contributed by atoms with van der Waals surface area (Å²) in [6.07, 6.45) is -2.76. The van der Waals surface area contributed by atoms with Crippen molar-refractivity contribution in [1.82, 2.24) is 9.80 Å². The van der Waals surface area contributed by atoms with E-state index >= 15 is 0 Å². The second-order valence-electron chi connectivity index (χ2n) is 12.5. The van der Waals surface area contributed by atoms with E-state index in [2.05, 4.69) is 0 Å². The van der Waals surface area contributed by atoms with Gasteiger partial charge in [-0.1, -0.05) is 24.4 Å². The predicted molar refractivity (Wildman–Crippen MR) is 161 cm³/mol. The summed E-state index contributed by atoms with van der Waals surface area (Å²) in [6.45, 7) is 0.978. The summed E-state index contributed by atoms with van der Waals surface area (Å²) in [7, 11) is 3.02. The number of phenols is 1. The molecule has 4 atom stereocenters. The molecule has 2 amide bonds. The van der Waals surface area contributed by atoms with Crippen LogP contribution in [0.25, 0.3) is 0 Å². The van der Waals surface area contributed by atoms with Gasteiger partial charge in [0.1, 0.15) is 23.9 Å². The number of nitrogens with zero attached hydrogens (tertiary/aromatic N) is 2. The standard InChI is InChI=1S/C33H38ClF3N2O7/c1-32(31(43)46-18-19-7-8-21(44-2)15-27(19)45-3)12-5-4-6-23(32)30(42)39-13-11-22-24(34)9-10-26(40)29(22)25(39)17-38-16-20(14-28(38)41)33(35,36)37/h7-10,15,20,23,25,40H,4-6,11-14,16-18H2,1-3H3/t20?,23-,25+,32-/m0/s1. The number of carbonyl (C=O) groups is 3. The Labute approximate surface area is 270 Å². The second-order valence-corrected chi connectivity index (χ2v) is 12.9. The lowest BCUT2D eigenvalue weighted by Crippen LogP contribution is -2.53. The highest BCUT2D eigenvalue weighted by atomic mass is 35.5. The summed E-state index contributed by atoms with van der Waals surface area (Å²) in [6, 6.07) is 7.07. The number of alkyl halides is 3. The first-order valence-electron chi connectivity index (χ1n) is 15.3. The van der Waals surface area contributed by atoms with Gasteiger partial charge in [-0.15, -0.1) is 0 Å². The third-order valence-electron chi connectivity index (χ3n) is 9.77. The van der Waals surface area contributed by atoms with Gasteiger partial charge in [-0.2, -0.15) is 13.2 Å². The Balaban J connectivity index is 1.42. The maximum absolute atomic E-state index is 14.5. The van der Waals surface area contributed by atoms with Gasteiger partial charge in [-0.25, -0.2) is 0 Å². The monoisotopic (exact) mass is 666 g/mol. The minimum Gasteiger partial charge on any atom is -0.508 e. The molecule has 1 saturated carbocycles. The van der Waals surface area contributed by atoms with Crippen molar-refractivity contribution in [3.05, 3.63) is 52.0 Å². The number of rotatable bonds is 8. The third-order valence-corrected chi connectivity index (χ3v) is 10.1. The minimum atomic E-state index is -4.55. The van der Waals surface area contributed by atoms with Crippen molar-refractivity contribution >= 4 is 29.4 Å². The van der Waals surface area contributed by atoms with E-state index in [0.717, 1.165) is 4.90 Å². The zero-order valence-corrected chi connectivity index (χ0v) is 26.7. The average Bonchev–Trinajstić information content (AvgIpc) is 3.41. The lowest BCUT2D eigenvalue weighted by atomic mass is 9.66. The quantitative estimate of drug-likeness (QED) is 0.353. The molecule has 2 aromatic carbocycles. The van der Waals surface area contributed by atoms with Crippen LogP contribution in [0.3, 0.4) is 0 Å². The van der Waals surface area contributed by atoms with Crippen LogP contribution in [0.4, 0.5) is 13.2 Å². The van der Waals surface area contributed by atoms with Crippen LogP contribution in [-0.4, -0.2) is 72.7 Å². The van der Waals surface area contributed by atoms with Gasteiger partial charge < -0.3 is 29.1 Å². The number of fused-ring (bicyclic) bond motifs is 1. The molecule has 1 N–H and O–H groups in total. The summed E-state index contributed by atoms with van der Waals surface area (Å²) in [5.74, 6) is -3.34. The van der Waals surface area contributed by atoms with Crippen molar-refractivity contribution in [2.45, 2.75) is 64.3 Å². The van der Waals surface area contributed by atoms with Gasteiger partial charge in [0.25, 0.3) is 0 Å². The molecule has 46 heavy (non-hydrogen) atoms. The van der Waals surface area contributed by atoms with Crippen LogP contribution in [-0.2, 0) is 32.1 Å². The van der Waals surface area contributed by atoms with Crippen LogP contribution in [0.5, 0.6) is 17.2 Å². The van der Waals surface area contributed by atoms with E-state index < -0.39 is 54.3 Å². The molecule has 3 aliphatic rings. The van der Waals surface area contributed by atoms with Crippen LogP contribution >= 0.6 is 11.6 Å². The summed E-state index contributed by atoms with van der Waals surface area (Å²) in [5.41, 5.74) is 0.309. The highest BCUT2D eigenvalue weighted by Crippen LogP contribution is 2.47. The topological polar surface area (TPSA) is 106 Å². The molecular weight excluding hydrogens is 629 g/mol. The van der Waals surface area contributed by atoms with Crippen LogP contribution in [0, 0.1) is 17.3 Å². The van der Waals surface area contributed by atoms with Gasteiger partial charge in [0, 0.05) is 48.3 Å². The molecule has 250 valence electrons. The second kappa shape index (κ2) is 13.2. The molecule has 2 fully saturated rings. The SMILES string of the molecule is COc1ccc(COC(=O)[C@@]2(C)CCCC[C@H]2C(=O)N2CCc3c(Cl)ccc(O)c3[C@H]2CN2CC(C(F)(F)F)CC2=O)c(OC)c1. The van der Waals surface area contributed by atoms with Crippen molar-refractivity contribution in [3.63, 3.8) is 0 Å². The Morgan fingerprint density at radius 3 is 2.57 bits per heavy atom. The Hall–Kier alpha value is -3.67. The third kappa shape index (κ3) is 6.45. The summed E-state index contributed by atoms with van der Waals surface area (Å²) >= 11 is 6.47. The fourth-order valence-corrected chi connectivity index (χ4v) is 7.34. The van der Waals surface area contributed by atoms with Crippen molar-refractivity contribution in [3.8, 4) is 17.2 Å². The molecule has 13 heteroatoms. The van der Waals surface area contributed by atoms with E-state index in [9.17, 15) is 32.7 Å². The zero-order chi connectivity index (χ0) is 33.4. The number of halogens is 4. The van der Waals surface area contributed by atoms with E-state index in [1.54, 1.807) is 25.1 Å². The van der Waals surface area contributed by atoms with Gasteiger partial charge in [-0.3, -0.25) is 14.4 Å². The van der Waals surface area contributed by atoms with Crippen LogP contribution < -0.4 is 9.47 Å². The van der Waals surface area contributed by atoms with Gasteiger partial charge in [0.2, 0.25) is 11.8 Å². The highest BCUT2D eigenvalue weighted by Gasteiger charge is 2.52. The molecule has 0 spiro atoms. The van der Waals surface area contributed by atoms with E-state index in [0.29, 0.717) is 58.9 Å². The van der Waals surface area contributed by atoms with E-state index in [1.165, 1.54) is 31.3 Å². The summed E-state index contributed by atoms with van der Waals surface area (Å²) < 4.78 is 57.1. The number of phenolic OH excluding ortho intramolecular Hbond substituents is 1. The number of aromatic hydroxyl groups is 1. The van der Waals surface area contributed by atoms with Crippen molar-refractivity contribution in [2.75, 3.05) is 33.9 Å². The van der Waals surface area contributed by atoms with Crippen molar-refractivity contribution in [2.24, 2.45) is 17.3 Å². The van der Waals surface area contributed by atoms with E-state index in [4.69, 9.17) is 25.8 Å². The predicted octanol–water partition coefficient (Wildman–Crippen LogP) is 5.84. The van der Waals surface area contributed by atoms with E-state index in [1.807, 2.05) is 0 Å². The number of hydrogen-bond acceptors (Lipinski definition) is 7. The molecule has 1 unspecified atom stereocenters. The maximum Gasteiger partial charge on any atom is 0.394 e. The molecular formula is C33H38ClF3N2O7.